The summed E-state index contributed by atoms with van der Waals surface area (Å²) in [5, 5.41) is 3.32. The average Bonchev–Trinajstić information content (AvgIpc) is 2.61. The van der Waals surface area contributed by atoms with E-state index in [9.17, 15) is 9.18 Å². The van der Waals surface area contributed by atoms with E-state index < -0.39 is 0 Å². The minimum Gasteiger partial charge on any atom is -0.360 e. The van der Waals surface area contributed by atoms with Gasteiger partial charge in [0.1, 0.15) is 5.82 Å². The van der Waals surface area contributed by atoms with Crippen molar-refractivity contribution in [2.75, 3.05) is 38.1 Å². The van der Waals surface area contributed by atoms with Crippen molar-refractivity contribution in [3.63, 3.8) is 0 Å². The van der Waals surface area contributed by atoms with Gasteiger partial charge in [0.25, 0.3) is 0 Å². The highest BCUT2D eigenvalue weighted by Crippen LogP contribution is 2.30. The standard InChI is InChI=1S/C16H24FN3O/c1-4-18-12(2)13-7-5-8-14(17)16(13)20-10-6-9-19(3)15(21)11-20/h5,7-8,12,18H,4,6,9-11H2,1-3H3. The van der Waals surface area contributed by atoms with E-state index in [2.05, 4.69) is 5.32 Å². The van der Waals surface area contributed by atoms with Crippen molar-refractivity contribution in [3.8, 4) is 0 Å². The Morgan fingerprint density at radius 1 is 1.38 bits per heavy atom. The zero-order chi connectivity index (χ0) is 15.4. The highest BCUT2D eigenvalue weighted by Gasteiger charge is 2.24. The van der Waals surface area contributed by atoms with Crippen LogP contribution in [0.2, 0.25) is 0 Å². The van der Waals surface area contributed by atoms with Gasteiger partial charge in [-0.25, -0.2) is 4.39 Å². The molecule has 0 aliphatic carbocycles. The first-order chi connectivity index (χ1) is 10.0. The first kappa shape index (κ1) is 15.8. The number of benzene rings is 1. The van der Waals surface area contributed by atoms with E-state index in [-0.39, 0.29) is 24.3 Å². The summed E-state index contributed by atoms with van der Waals surface area (Å²) in [7, 11) is 1.80. The molecule has 2 rings (SSSR count). The van der Waals surface area contributed by atoms with Crippen LogP contribution in [0.25, 0.3) is 0 Å². The molecule has 1 heterocycles. The van der Waals surface area contributed by atoms with Gasteiger partial charge in [0.05, 0.1) is 12.2 Å². The molecule has 0 aromatic heterocycles. The quantitative estimate of drug-likeness (QED) is 0.924. The smallest absolute Gasteiger partial charge is 0.241 e. The lowest BCUT2D eigenvalue weighted by Crippen LogP contribution is -2.35. The lowest BCUT2D eigenvalue weighted by atomic mass is 10.0. The Labute approximate surface area is 125 Å². The molecule has 1 aliphatic rings. The third-order valence-electron chi connectivity index (χ3n) is 3.98. The highest BCUT2D eigenvalue weighted by atomic mass is 19.1. The minimum atomic E-state index is -0.255. The monoisotopic (exact) mass is 293 g/mol. The molecule has 1 atom stereocenters. The van der Waals surface area contributed by atoms with Crippen molar-refractivity contribution in [3.05, 3.63) is 29.6 Å². The maximum Gasteiger partial charge on any atom is 0.241 e. The Kier molecular flexibility index (Phi) is 5.17. The second-order valence-electron chi connectivity index (χ2n) is 5.55. The van der Waals surface area contributed by atoms with E-state index in [1.807, 2.05) is 24.8 Å². The van der Waals surface area contributed by atoms with E-state index in [4.69, 9.17) is 0 Å². The fourth-order valence-corrected chi connectivity index (χ4v) is 2.81. The zero-order valence-electron chi connectivity index (χ0n) is 13.0. The van der Waals surface area contributed by atoms with Gasteiger partial charge in [0.15, 0.2) is 0 Å². The Morgan fingerprint density at radius 2 is 2.14 bits per heavy atom. The number of hydrogen-bond acceptors (Lipinski definition) is 3. The van der Waals surface area contributed by atoms with Crippen LogP contribution in [-0.2, 0) is 4.79 Å². The summed E-state index contributed by atoms with van der Waals surface area (Å²) in [4.78, 5) is 15.7. The van der Waals surface area contributed by atoms with Crippen LogP contribution >= 0.6 is 0 Å². The first-order valence-corrected chi connectivity index (χ1v) is 7.55. The molecule has 1 aromatic rings. The molecule has 1 aromatic carbocycles. The third kappa shape index (κ3) is 3.53. The molecule has 0 radical (unpaired) electrons. The fourth-order valence-electron chi connectivity index (χ4n) is 2.81. The summed E-state index contributed by atoms with van der Waals surface area (Å²) in [5.41, 5.74) is 1.48. The number of amides is 1. The number of halogens is 1. The maximum absolute atomic E-state index is 14.4. The van der Waals surface area contributed by atoms with Crippen molar-refractivity contribution in [2.24, 2.45) is 0 Å². The molecule has 1 N–H and O–H groups in total. The number of nitrogens with one attached hydrogen (secondary N) is 1. The summed E-state index contributed by atoms with van der Waals surface area (Å²) < 4.78 is 14.4. The normalized spacial score (nSPS) is 17.8. The Morgan fingerprint density at radius 3 is 2.86 bits per heavy atom. The molecule has 1 amide bonds. The first-order valence-electron chi connectivity index (χ1n) is 7.55. The Hall–Kier alpha value is -1.62. The van der Waals surface area contributed by atoms with Crippen molar-refractivity contribution in [1.29, 1.82) is 0 Å². The molecule has 116 valence electrons. The summed E-state index contributed by atoms with van der Waals surface area (Å²) in [6.45, 7) is 6.53. The SMILES string of the molecule is CCNC(C)c1cccc(F)c1N1CCCN(C)C(=O)C1. The molecule has 1 unspecified atom stereocenters. The summed E-state index contributed by atoms with van der Waals surface area (Å²) in [5.74, 6) is -0.215. The molecule has 1 saturated heterocycles. The van der Waals surface area contributed by atoms with Gasteiger partial charge in [-0.3, -0.25) is 4.79 Å². The van der Waals surface area contributed by atoms with E-state index >= 15 is 0 Å². The lowest BCUT2D eigenvalue weighted by molar-refractivity contribution is -0.127. The molecule has 0 bridgehead atoms. The van der Waals surface area contributed by atoms with Gasteiger partial charge in [-0.2, -0.15) is 0 Å². The average molecular weight is 293 g/mol. The van der Waals surface area contributed by atoms with Gasteiger partial charge in [-0.05, 0) is 31.5 Å². The zero-order valence-corrected chi connectivity index (χ0v) is 13.0. The van der Waals surface area contributed by atoms with Gasteiger partial charge < -0.3 is 15.1 Å². The number of likely N-dealkylation sites (N-methyl/N-ethyl adjacent to an activating group) is 1. The van der Waals surface area contributed by atoms with Crippen molar-refractivity contribution in [2.45, 2.75) is 26.3 Å². The molecular weight excluding hydrogens is 269 g/mol. The number of carbonyl (C=O) groups is 1. The fraction of sp³-hybridized carbons (Fsp3) is 0.562. The Bertz CT molecular complexity index is 506. The van der Waals surface area contributed by atoms with E-state index in [0.717, 1.165) is 25.1 Å². The van der Waals surface area contributed by atoms with Gasteiger partial charge in [-0.1, -0.05) is 19.1 Å². The number of nitrogens with zero attached hydrogens (tertiary/aromatic N) is 2. The van der Waals surface area contributed by atoms with E-state index in [1.54, 1.807) is 18.0 Å². The lowest BCUT2D eigenvalue weighted by Gasteiger charge is -2.27. The van der Waals surface area contributed by atoms with Crippen LogP contribution in [0.3, 0.4) is 0 Å². The topological polar surface area (TPSA) is 35.6 Å². The minimum absolute atomic E-state index is 0.0396. The van der Waals surface area contributed by atoms with Crippen LogP contribution in [0.15, 0.2) is 18.2 Å². The van der Waals surface area contributed by atoms with Crippen LogP contribution in [0.4, 0.5) is 10.1 Å². The second-order valence-corrected chi connectivity index (χ2v) is 5.55. The summed E-state index contributed by atoms with van der Waals surface area (Å²) >= 11 is 0. The number of anilines is 1. The molecule has 5 heteroatoms. The van der Waals surface area contributed by atoms with Gasteiger partial charge in [-0.15, -0.1) is 0 Å². The van der Waals surface area contributed by atoms with Crippen molar-refractivity contribution < 1.29 is 9.18 Å². The summed E-state index contributed by atoms with van der Waals surface area (Å²) in [6.07, 6.45) is 0.853. The Balaban J connectivity index is 2.35. The molecule has 21 heavy (non-hydrogen) atoms. The largest absolute Gasteiger partial charge is 0.360 e. The number of carbonyl (C=O) groups excluding carboxylic acids is 1. The van der Waals surface area contributed by atoms with Crippen molar-refractivity contribution in [1.82, 2.24) is 10.2 Å². The van der Waals surface area contributed by atoms with Crippen LogP contribution in [0, 0.1) is 5.82 Å². The van der Waals surface area contributed by atoms with Crippen LogP contribution < -0.4 is 10.2 Å². The third-order valence-corrected chi connectivity index (χ3v) is 3.98. The molecule has 0 spiro atoms. The van der Waals surface area contributed by atoms with Crippen LogP contribution in [0.5, 0.6) is 0 Å². The maximum atomic E-state index is 14.4. The predicted molar refractivity (Wildman–Crippen MR) is 83.0 cm³/mol. The molecule has 1 fully saturated rings. The number of para-hydroxylation sites is 1. The second kappa shape index (κ2) is 6.89. The highest BCUT2D eigenvalue weighted by molar-refractivity contribution is 5.82. The number of rotatable bonds is 4. The van der Waals surface area contributed by atoms with Gasteiger partial charge >= 0.3 is 0 Å². The summed E-state index contributed by atoms with van der Waals surface area (Å²) in [6, 6.07) is 5.19. The molecule has 0 saturated carbocycles. The van der Waals surface area contributed by atoms with Gasteiger partial charge in [0, 0.05) is 26.2 Å². The van der Waals surface area contributed by atoms with E-state index in [1.165, 1.54) is 6.07 Å². The molecule has 1 aliphatic heterocycles. The van der Waals surface area contributed by atoms with Gasteiger partial charge in [0.2, 0.25) is 5.91 Å². The number of hydrogen-bond donors (Lipinski definition) is 1. The van der Waals surface area contributed by atoms with Crippen LogP contribution in [0.1, 0.15) is 31.9 Å². The van der Waals surface area contributed by atoms with Crippen molar-refractivity contribution >= 4 is 11.6 Å². The molecule has 4 nitrogen and oxygen atoms in total. The molecular formula is C16H24FN3O. The van der Waals surface area contributed by atoms with E-state index in [0.29, 0.717) is 12.2 Å². The van der Waals surface area contributed by atoms with Crippen LogP contribution in [-0.4, -0.2) is 44.0 Å². The predicted octanol–water partition coefficient (Wildman–Crippen LogP) is 2.16.